The van der Waals surface area contributed by atoms with Crippen LogP contribution in [0.5, 0.6) is 0 Å². The highest BCUT2D eigenvalue weighted by Crippen LogP contribution is 2.11. The molecule has 0 radical (unpaired) electrons. The standard InChI is InChI=1S/C18H34N4O6/c1-2-3-10-22(15-18(27)28)11-5-19-4-6-20(13-16(23)24)7-8-21(9-12-22)14-17(25)26/h19H,2-15H2,1H3,(H2-,23,24,25,26,27,28)/p+1. The van der Waals surface area contributed by atoms with Crippen molar-refractivity contribution >= 4 is 17.9 Å². The van der Waals surface area contributed by atoms with Crippen molar-refractivity contribution in [3.63, 3.8) is 0 Å². The molecule has 0 aliphatic carbocycles. The second kappa shape index (κ2) is 12.7. The molecule has 4 N–H and O–H groups in total. The number of quaternary nitrogens is 1. The zero-order chi connectivity index (χ0) is 21.0. The van der Waals surface area contributed by atoms with Crippen LogP contribution in [0, 0.1) is 0 Å². The Labute approximate surface area is 166 Å². The Morgan fingerprint density at radius 1 is 0.857 bits per heavy atom. The summed E-state index contributed by atoms with van der Waals surface area (Å²) in [6.45, 7) is 6.94. The Kier molecular flexibility index (Phi) is 11.0. The zero-order valence-electron chi connectivity index (χ0n) is 16.8. The molecule has 0 amide bonds. The molecule has 0 aromatic rings. The Morgan fingerprint density at radius 2 is 1.46 bits per heavy atom. The molecule has 1 atom stereocenters. The lowest BCUT2D eigenvalue weighted by atomic mass is 10.2. The molecule has 0 spiro atoms. The number of hydrogen-bond donors (Lipinski definition) is 4. The zero-order valence-corrected chi connectivity index (χ0v) is 16.8. The van der Waals surface area contributed by atoms with Crippen LogP contribution >= 0.6 is 0 Å². The molecule has 1 heterocycles. The van der Waals surface area contributed by atoms with E-state index in [1.807, 2.05) is 0 Å². The summed E-state index contributed by atoms with van der Waals surface area (Å²) in [7, 11) is 0. The van der Waals surface area contributed by atoms with E-state index in [1.54, 1.807) is 9.80 Å². The van der Waals surface area contributed by atoms with Crippen molar-refractivity contribution in [1.82, 2.24) is 15.1 Å². The van der Waals surface area contributed by atoms with Gasteiger partial charge in [-0.2, -0.15) is 0 Å². The lowest BCUT2D eigenvalue weighted by Crippen LogP contribution is -2.58. The van der Waals surface area contributed by atoms with Crippen molar-refractivity contribution in [3.05, 3.63) is 0 Å². The molecule has 10 nitrogen and oxygen atoms in total. The van der Waals surface area contributed by atoms with E-state index in [-0.39, 0.29) is 19.6 Å². The van der Waals surface area contributed by atoms with E-state index < -0.39 is 17.9 Å². The van der Waals surface area contributed by atoms with Crippen LogP contribution in [0.4, 0.5) is 0 Å². The average molecular weight is 404 g/mol. The molecule has 1 aliphatic heterocycles. The first-order chi connectivity index (χ1) is 13.3. The highest BCUT2D eigenvalue weighted by molar-refractivity contribution is 5.69. The molecule has 162 valence electrons. The maximum atomic E-state index is 11.5. The van der Waals surface area contributed by atoms with Gasteiger partial charge in [-0.3, -0.25) is 19.4 Å². The molecule has 0 bridgehead atoms. The fourth-order valence-corrected chi connectivity index (χ4v) is 3.59. The average Bonchev–Trinajstić information content (AvgIpc) is 2.59. The third-order valence-corrected chi connectivity index (χ3v) is 5.17. The van der Waals surface area contributed by atoms with Gasteiger partial charge in [0.15, 0.2) is 6.54 Å². The van der Waals surface area contributed by atoms with Gasteiger partial charge < -0.3 is 25.1 Å². The van der Waals surface area contributed by atoms with E-state index in [1.165, 1.54) is 0 Å². The Bertz CT molecular complexity index is 518. The summed E-state index contributed by atoms with van der Waals surface area (Å²) in [6.07, 6.45) is 1.88. The maximum absolute atomic E-state index is 11.5. The van der Waals surface area contributed by atoms with Crippen LogP contribution in [0.15, 0.2) is 0 Å². The van der Waals surface area contributed by atoms with E-state index >= 15 is 0 Å². The van der Waals surface area contributed by atoms with E-state index in [4.69, 9.17) is 5.11 Å². The number of aliphatic carboxylic acids is 3. The lowest BCUT2D eigenvalue weighted by Gasteiger charge is -2.39. The van der Waals surface area contributed by atoms with Gasteiger partial charge in [0.1, 0.15) is 0 Å². The molecular formula is C18H35N4O6+. The van der Waals surface area contributed by atoms with Crippen molar-refractivity contribution in [2.75, 3.05) is 78.5 Å². The molecule has 0 aromatic heterocycles. The topological polar surface area (TPSA) is 130 Å². The van der Waals surface area contributed by atoms with Crippen molar-refractivity contribution in [2.45, 2.75) is 19.8 Å². The second-order valence-electron chi connectivity index (χ2n) is 7.51. The first kappa shape index (κ1) is 24.3. The highest BCUT2D eigenvalue weighted by Gasteiger charge is 2.31. The van der Waals surface area contributed by atoms with E-state index in [2.05, 4.69) is 12.2 Å². The molecule has 28 heavy (non-hydrogen) atoms. The molecule has 1 saturated heterocycles. The Balaban J connectivity index is 2.93. The Morgan fingerprint density at radius 3 is 2.00 bits per heavy atom. The molecule has 1 rings (SSSR count). The number of rotatable bonds is 9. The third kappa shape index (κ3) is 9.98. The number of nitrogens with one attached hydrogen (secondary N) is 1. The van der Waals surface area contributed by atoms with Crippen molar-refractivity contribution in [1.29, 1.82) is 0 Å². The van der Waals surface area contributed by atoms with Gasteiger partial charge in [0.05, 0.1) is 32.7 Å². The van der Waals surface area contributed by atoms with E-state index in [0.717, 1.165) is 19.4 Å². The SMILES string of the molecule is CCCC[N+]1(CC(=O)O)CCNCCN(CC(=O)O)CCN(CC(=O)O)CC1. The van der Waals surface area contributed by atoms with Gasteiger partial charge in [0, 0.05) is 39.3 Å². The minimum atomic E-state index is -0.941. The highest BCUT2D eigenvalue weighted by atomic mass is 16.4. The monoisotopic (exact) mass is 403 g/mol. The van der Waals surface area contributed by atoms with Gasteiger partial charge >= 0.3 is 17.9 Å². The largest absolute Gasteiger partial charge is 0.480 e. The third-order valence-electron chi connectivity index (χ3n) is 5.17. The van der Waals surface area contributed by atoms with Gasteiger partial charge in [0.25, 0.3) is 0 Å². The van der Waals surface area contributed by atoms with E-state index in [0.29, 0.717) is 56.8 Å². The molecule has 1 fully saturated rings. The Hall–Kier alpha value is -1.75. The second-order valence-corrected chi connectivity index (χ2v) is 7.51. The van der Waals surface area contributed by atoms with Crippen molar-refractivity contribution < 1.29 is 34.2 Å². The molecule has 10 heteroatoms. The van der Waals surface area contributed by atoms with Crippen LogP contribution in [0.3, 0.4) is 0 Å². The summed E-state index contributed by atoms with van der Waals surface area (Å²) < 4.78 is 0.422. The fraction of sp³-hybridized carbons (Fsp3) is 0.833. The predicted octanol–water partition coefficient (Wildman–Crippen LogP) is -0.936. The number of carboxylic acid groups (broad SMARTS) is 3. The minimum absolute atomic E-state index is 0.0216. The maximum Gasteiger partial charge on any atom is 0.359 e. The van der Waals surface area contributed by atoms with Crippen LogP contribution < -0.4 is 5.32 Å². The molecule has 1 aliphatic rings. The first-order valence-electron chi connectivity index (χ1n) is 9.92. The fourth-order valence-electron chi connectivity index (χ4n) is 3.59. The summed E-state index contributed by atoms with van der Waals surface area (Å²) in [5.41, 5.74) is 0. The van der Waals surface area contributed by atoms with E-state index in [9.17, 15) is 24.6 Å². The van der Waals surface area contributed by atoms with Gasteiger partial charge in [0.2, 0.25) is 0 Å². The van der Waals surface area contributed by atoms with Gasteiger partial charge in [-0.1, -0.05) is 13.3 Å². The number of carbonyl (C=O) groups is 3. The summed E-state index contributed by atoms with van der Waals surface area (Å²) in [5.74, 6) is -2.70. The molecule has 0 aromatic carbocycles. The summed E-state index contributed by atoms with van der Waals surface area (Å²) >= 11 is 0. The van der Waals surface area contributed by atoms with Crippen molar-refractivity contribution in [2.24, 2.45) is 0 Å². The first-order valence-corrected chi connectivity index (χ1v) is 9.92. The number of hydrogen-bond acceptors (Lipinski definition) is 6. The van der Waals surface area contributed by atoms with Crippen LogP contribution in [-0.2, 0) is 14.4 Å². The van der Waals surface area contributed by atoms with Gasteiger partial charge in [-0.25, -0.2) is 4.79 Å². The van der Waals surface area contributed by atoms with Gasteiger partial charge in [-0.05, 0) is 6.42 Å². The summed E-state index contributed by atoms with van der Waals surface area (Å²) in [6, 6.07) is 0. The molecular weight excluding hydrogens is 368 g/mol. The predicted molar refractivity (Wildman–Crippen MR) is 103 cm³/mol. The van der Waals surface area contributed by atoms with Crippen molar-refractivity contribution in [3.8, 4) is 0 Å². The minimum Gasteiger partial charge on any atom is -0.480 e. The summed E-state index contributed by atoms with van der Waals surface area (Å²) in [5, 5.41) is 31.0. The molecule has 1 unspecified atom stereocenters. The van der Waals surface area contributed by atoms with Crippen LogP contribution in [0.25, 0.3) is 0 Å². The van der Waals surface area contributed by atoms with Crippen LogP contribution in [0.2, 0.25) is 0 Å². The number of unbranched alkanes of at least 4 members (excludes halogenated alkanes) is 1. The number of carboxylic acids is 3. The lowest BCUT2D eigenvalue weighted by molar-refractivity contribution is -0.920. The molecule has 0 saturated carbocycles. The summed E-state index contributed by atoms with van der Waals surface area (Å²) in [4.78, 5) is 37.4. The van der Waals surface area contributed by atoms with Crippen LogP contribution in [0.1, 0.15) is 19.8 Å². The number of nitrogens with zero attached hydrogens (tertiary/aromatic N) is 3. The van der Waals surface area contributed by atoms with Gasteiger partial charge in [-0.15, -0.1) is 0 Å². The van der Waals surface area contributed by atoms with Crippen LogP contribution in [-0.4, -0.2) is 126 Å². The normalized spacial score (nSPS) is 23.5. The quantitative estimate of drug-likeness (QED) is 0.360. The smallest absolute Gasteiger partial charge is 0.359 e.